The van der Waals surface area contributed by atoms with Gasteiger partial charge in [0.1, 0.15) is 0 Å². The maximum Gasteiger partial charge on any atom is 0.255 e. The molecule has 158 valence electrons. The van der Waals surface area contributed by atoms with Crippen molar-refractivity contribution < 1.29 is 9.59 Å². The first kappa shape index (κ1) is 20.6. The number of nitrogens with zero attached hydrogens (tertiary/aromatic N) is 2. The van der Waals surface area contributed by atoms with Crippen molar-refractivity contribution in [3.8, 4) is 0 Å². The molecule has 1 saturated heterocycles. The van der Waals surface area contributed by atoms with Gasteiger partial charge in [0.05, 0.1) is 11.6 Å². The molecule has 1 aromatic carbocycles. The third kappa shape index (κ3) is 4.89. The average molecular weight is 406 g/mol. The average Bonchev–Trinajstić information content (AvgIpc) is 2.83. The zero-order valence-electron chi connectivity index (χ0n) is 17.5. The smallest absolute Gasteiger partial charge is 0.255 e. The molecular formula is C25H31N3O2. The van der Waals surface area contributed by atoms with Gasteiger partial charge in [0, 0.05) is 31.4 Å². The quantitative estimate of drug-likeness (QED) is 0.803. The molecule has 0 spiro atoms. The van der Waals surface area contributed by atoms with Crippen LogP contribution in [-0.2, 0) is 4.79 Å². The number of likely N-dealkylation sites (tertiary alicyclic amines) is 1. The van der Waals surface area contributed by atoms with Gasteiger partial charge in [-0.1, -0.05) is 49.6 Å². The fraction of sp³-hybridized carbons (Fsp3) is 0.480. The second-order valence-electron chi connectivity index (χ2n) is 8.60. The van der Waals surface area contributed by atoms with E-state index in [1.54, 1.807) is 24.5 Å². The van der Waals surface area contributed by atoms with Crippen molar-refractivity contribution in [2.45, 2.75) is 51.0 Å². The Labute approximate surface area is 178 Å². The number of nitrogens with one attached hydrogen (secondary N) is 1. The maximum absolute atomic E-state index is 13.1. The minimum atomic E-state index is -0.0299. The SMILES string of the molecule is O=C(N[C@H](c1ccccc1)C1CCCCC1)C1CCN(C(=O)c2cccnc2)CC1. The van der Waals surface area contributed by atoms with E-state index in [4.69, 9.17) is 0 Å². The summed E-state index contributed by atoms with van der Waals surface area (Å²) < 4.78 is 0. The van der Waals surface area contributed by atoms with Crippen molar-refractivity contribution >= 4 is 11.8 Å². The lowest BCUT2D eigenvalue weighted by molar-refractivity contribution is -0.127. The van der Waals surface area contributed by atoms with Crippen LogP contribution in [0.15, 0.2) is 54.9 Å². The molecule has 2 amide bonds. The van der Waals surface area contributed by atoms with Crippen LogP contribution in [0.2, 0.25) is 0 Å². The van der Waals surface area contributed by atoms with Gasteiger partial charge < -0.3 is 10.2 Å². The molecule has 2 aromatic rings. The third-order valence-corrected chi connectivity index (χ3v) is 6.64. The number of rotatable bonds is 5. The molecule has 2 fully saturated rings. The number of carbonyl (C=O) groups is 2. The van der Waals surface area contributed by atoms with Crippen molar-refractivity contribution in [2.75, 3.05) is 13.1 Å². The molecule has 0 bridgehead atoms. The van der Waals surface area contributed by atoms with Crippen LogP contribution in [0, 0.1) is 11.8 Å². The molecule has 1 saturated carbocycles. The molecule has 0 unspecified atom stereocenters. The van der Waals surface area contributed by atoms with Gasteiger partial charge >= 0.3 is 0 Å². The minimum Gasteiger partial charge on any atom is -0.349 e. The molecule has 5 nitrogen and oxygen atoms in total. The van der Waals surface area contributed by atoms with Crippen molar-refractivity contribution in [3.63, 3.8) is 0 Å². The predicted molar refractivity (Wildman–Crippen MR) is 117 cm³/mol. The lowest BCUT2D eigenvalue weighted by atomic mass is 9.80. The van der Waals surface area contributed by atoms with E-state index in [1.807, 2.05) is 11.0 Å². The highest BCUT2D eigenvalue weighted by Gasteiger charge is 2.32. The molecule has 1 aromatic heterocycles. The van der Waals surface area contributed by atoms with E-state index < -0.39 is 0 Å². The van der Waals surface area contributed by atoms with Crippen LogP contribution in [0.1, 0.15) is 66.9 Å². The summed E-state index contributed by atoms with van der Waals surface area (Å²) in [4.78, 5) is 31.7. The molecule has 30 heavy (non-hydrogen) atoms. The summed E-state index contributed by atoms with van der Waals surface area (Å²) in [6, 6.07) is 14.1. The molecule has 2 aliphatic rings. The molecule has 1 aliphatic heterocycles. The normalized spacial score (nSPS) is 19.3. The summed E-state index contributed by atoms with van der Waals surface area (Å²) in [5, 5.41) is 3.40. The topological polar surface area (TPSA) is 62.3 Å². The Morgan fingerprint density at radius 1 is 0.933 bits per heavy atom. The highest BCUT2D eigenvalue weighted by atomic mass is 16.2. The highest BCUT2D eigenvalue weighted by molar-refractivity contribution is 5.94. The number of piperidine rings is 1. The van der Waals surface area contributed by atoms with Gasteiger partial charge in [-0.05, 0) is 49.3 Å². The van der Waals surface area contributed by atoms with Crippen molar-refractivity contribution in [1.82, 2.24) is 15.2 Å². The third-order valence-electron chi connectivity index (χ3n) is 6.64. The summed E-state index contributed by atoms with van der Waals surface area (Å²) in [7, 11) is 0. The summed E-state index contributed by atoms with van der Waals surface area (Å²) in [6.07, 6.45) is 10.9. The number of benzene rings is 1. The Balaban J connectivity index is 1.37. The number of amides is 2. The largest absolute Gasteiger partial charge is 0.349 e. The Morgan fingerprint density at radius 2 is 1.67 bits per heavy atom. The second kappa shape index (κ2) is 9.88. The molecule has 0 radical (unpaired) electrons. The van der Waals surface area contributed by atoms with Gasteiger partial charge in [-0.3, -0.25) is 14.6 Å². The standard InChI is InChI=1S/C25H31N3O2/c29-24(21-13-16-28(17-14-21)25(30)22-12-7-15-26-18-22)27-23(19-8-3-1-4-9-19)20-10-5-2-6-11-20/h1,3-4,7-9,12,15,18,20-21,23H,2,5-6,10-11,13-14,16-17H2,(H,27,29)/t23-/m1/s1. The lowest BCUT2D eigenvalue weighted by Crippen LogP contribution is -2.44. The maximum atomic E-state index is 13.1. The summed E-state index contributed by atoms with van der Waals surface area (Å²) in [5.41, 5.74) is 1.82. The Bertz CT molecular complexity index is 826. The van der Waals surface area contributed by atoms with E-state index in [2.05, 4.69) is 34.6 Å². The minimum absolute atomic E-state index is 0.00586. The summed E-state index contributed by atoms with van der Waals surface area (Å²) in [5.74, 6) is 0.629. The van der Waals surface area contributed by atoms with E-state index in [0.29, 0.717) is 37.4 Å². The molecule has 1 atom stereocenters. The molecule has 5 heteroatoms. The van der Waals surface area contributed by atoms with Crippen LogP contribution in [0.4, 0.5) is 0 Å². The van der Waals surface area contributed by atoms with Crippen molar-refractivity contribution in [1.29, 1.82) is 0 Å². The molecule has 1 N–H and O–H groups in total. The Hall–Kier alpha value is -2.69. The number of carbonyl (C=O) groups excluding carboxylic acids is 2. The summed E-state index contributed by atoms with van der Waals surface area (Å²) >= 11 is 0. The number of pyridine rings is 1. The van der Waals surface area contributed by atoms with Crippen LogP contribution in [0.25, 0.3) is 0 Å². The van der Waals surface area contributed by atoms with Gasteiger partial charge in [-0.2, -0.15) is 0 Å². The number of aromatic nitrogens is 1. The van der Waals surface area contributed by atoms with Gasteiger partial charge in [0.2, 0.25) is 5.91 Å². The predicted octanol–water partition coefficient (Wildman–Crippen LogP) is 4.37. The van der Waals surface area contributed by atoms with Gasteiger partial charge in [0.15, 0.2) is 0 Å². The van der Waals surface area contributed by atoms with E-state index in [0.717, 1.165) is 0 Å². The van der Waals surface area contributed by atoms with E-state index in [9.17, 15) is 9.59 Å². The number of hydrogen-bond acceptors (Lipinski definition) is 3. The van der Waals surface area contributed by atoms with Gasteiger partial charge in [-0.15, -0.1) is 0 Å². The van der Waals surface area contributed by atoms with Crippen LogP contribution in [0.3, 0.4) is 0 Å². The first-order chi connectivity index (χ1) is 14.7. The molecule has 2 heterocycles. The zero-order chi connectivity index (χ0) is 20.8. The molecule has 1 aliphatic carbocycles. The van der Waals surface area contributed by atoms with Crippen LogP contribution >= 0.6 is 0 Å². The van der Waals surface area contributed by atoms with Gasteiger partial charge in [0.25, 0.3) is 5.91 Å². The highest BCUT2D eigenvalue weighted by Crippen LogP contribution is 2.35. The van der Waals surface area contributed by atoms with Crippen LogP contribution < -0.4 is 5.32 Å². The molecule has 4 rings (SSSR count). The monoisotopic (exact) mass is 405 g/mol. The number of hydrogen-bond donors (Lipinski definition) is 1. The van der Waals surface area contributed by atoms with Crippen molar-refractivity contribution in [2.24, 2.45) is 11.8 Å². The Kier molecular flexibility index (Phi) is 6.77. The fourth-order valence-corrected chi connectivity index (χ4v) is 4.89. The Morgan fingerprint density at radius 3 is 2.33 bits per heavy atom. The second-order valence-corrected chi connectivity index (χ2v) is 8.60. The fourth-order valence-electron chi connectivity index (χ4n) is 4.89. The van der Waals surface area contributed by atoms with Crippen LogP contribution in [-0.4, -0.2) is 34.8 Å². The first-order valence-corrected chi connectivity index (χ1v) is 11.3. The first-order valence-electron chi connectivity index (χ1n) is 11.3. The zero-order valence-corrected chi connectivity index (χ0v) is 17.5. The van der Waals surface area contributed by atoms with Crippen LogP contribution in [0.5, 0.6) is 0 Å². The van der Waals surface area contributed by atoms with E-state index >= 15 is 0 Å². The lowest BCUT2D eigenvalue weighted by Gasteiger charge is -2.35. The summed E-state index contributed by atoms with van der Waals surface area (Å²) in [6.45, 7) is 1.23. The van der Waals surface area contributed by atoms with E-state index in [1.165, 1.54) is 37.7 Å². The van der Waals surface area contributed by atoms with E-state index in [-0.39, 0.29) is 23.8 Å². The molecular weight excluding hydrogens is 374 g/mol. The van der Waals surface area contributed by atoms with Gasteiger partial charge in [-0.25, -0.2) is 0 Å². The van der Waals surface area contributed by atoms with Crippen molar-refractivity contribution in [3.05, 3.63) is 66.0 Å².